The van der Waals surface area contributed by atoms with E-state index >= 15 is 0 Å². The Balaban J connectivity index is 1.95. The lowest BCUT2D eigenvalue weighted by Crippen LogP contribution is -1.96. The second kappa shape index (κ2) is 6.52. The Labute approximate surface area is 117 Å². The molecule has 0 atom stereocenters. The maximum atomic E-state index is 5.75. The van der Waals surface area contributed by atoms with Crippen molar-refractivity contribution in [3.05, 3.63) is 34.8 Å². The van der Waals surface area contributed by atoms with Crippen molar-refractivity contribution in [1.82, 2.24) is 10.2 Å². The van der Waals surface area contributed by atoms with Gasteiger partial charge in [0, 0.05) is 6.54 Å². The van der Waals surface area contributed by atoms with Crippen LogP contribution in [-0.4, -0.2) is 16.7 Å². The Morgan fingerprint density at radius 3 is 2.89 bits per heavy atom. The number of hydrogen-bond acceptors (Lipinski definition) is 5. The van der Waals surface area contributed by atoms with Gasteiger partial charge in [0.05, 0.1) is 0 Å². The van der Waals surface area contributed by atoms with Gasteiger partial charge in [-0.25, -0.2) is 0 Å². The lowest BCUT2D eigenvalue weighted by Gasteiger charge is -2.08. The van der Waals surface area contributed by atoms with Crippen LogP contribution in [-0.2, 0) is 6.61 Å². The second-order valence-corrected chi connectivity index (χ2v) is 5.61. The summed E-state index contributed by atoms with van der Waals surface area (Å²) in [7, 11) is 0. The van der Waals surface area contributed by atoms with Gasteiger partial charge >= 0.3 is 0 Å². The molecule has 1 N–H and O–H groups in total. The Morgan fingerprint density at radius 1 is 1.32 bits per heavy atom. The lowest BCUT2D eigenvalue weighted by atomic mass is 10.0. The predicted molar refractivity (Wildman–Crippen MR) is 78.9 cm³/mol. The maximum absolute atomic E-state index is 5.75. The summed E-state index contributed by atoms with van der Waals surface area (Å²) in [4.78, 5) is 0. The van der Waals surface area contributed by atoms with Crippen LogP contribution in [0.15, 0.2) is 24.3 Å². The molecule has 0 spiro atoms. The van der Waals surface area contributed by atoms with Crippen molar-refractivity contribution in [2.45, 2.75) is 33.3 Å². The van der Waals surface area contributed by atoms with E-state index in [0.29, 0.717) is 12.5 Å². The first kappa shape index (κ1) is 13.8. The molecule has 0 saturated carbocycles. The SMILES string of the molecule is CCNc1nnc(COc2cccc(C(C)C)c2)s1. The summed E-state index contributed by atoms with van der Waals surface area (Å²) in [6.45, 7) is 7.70. The van der Waals surface area contributed by atoms with E-state index in [1.807, 2.05) is 19.1 Å². The normalized spacial score (nSPS) is 10.7. The molecule has 0 saturated heterocycles. The van der Waals surface area contributed by atoms with E-state index in [9.17, 15) is 0 Å². The van der Waals surface area contributed by atoms with E-state index < -0.39 is 0 Å². The highest BCUT2D eigenvalue weighted by Gasteiger charge is 2.05. The highest BCUT2D eigenvalue weighted by molar-refractivity contribution is 7.15. The molecular weight excluding hydrogens is 258 g/mol. The monoisotopic (exact) mass is 277 g/mol. The van der Waals surface area contributed by atoms with Gasteiger partial charge in [0.1, 0.15) is 12.4 Å². The first-order chi connectivity index (χ1) is 9.19. The van der Waals surface area contributed by atoms with Crippen molar-refractivity contribution < 1.29 is 4.74 Å². The summed E-state index contributed by atoms with van der Waals surface area (Å²) < 4.78 is 5.75. The molecule has 0 aliphatic rings. The third-order valence-corrected chi connectivity index (χ3v) is 3.54. The van der Waals surface area contributed by atoms with Gasteiger partial charge in [-0.1, -0.05) is 37.3 Å². The molecule has 0 radical (unpaired) electrons. The minimum absolute atomic E-state index is 0.463. The molecule has 1 aromatic heterocycles. The number of aromatic nitrogens is 2. The Kier molecular flexibility index (Phi) is 4.74. The van der Waals surface area contributed by atoms with Crippen LogP contribution < -0.4 is 10.1 Å². The van der Waals surface area contributed by atoms with E-state index in [2.05, 4.69) is 41.5 Å². The van der Waals surface area contributed by atoms with Gasteiger partial charge in [0.2, 0.25) is 5.13 Å². The molecule has 1 aromatic carbocycles. The van der Waals surface area contributed by atoms with Crippen LogP contribution in [0.25, 0.3) is 0 Å². The maximum Gasteiger partial charge on any atom is 0.205 e. The van der Waals surface area contributed by atoms with E-state index in [-0.39, 0.29) is 0 Å². The van der Waals surface area contributed by atoms with E-state index in [1.165, 1.54) is 16.9 Å². The number of ether oxygens (including phenoxy) is 1. The van der Waals surface area contributed by atoms with Gasteiger partial charge in [-0.2, -0.15) is 0 Å². The number of benzene rings is 1. The zero-order chi connectivity index (χ0) is 13.7. The highest BCUT2D eigenvalue weighted by atomic mass is 32.1. The molecule has 0 amide bonds. The molecule has 0 aliphatic carbocycles. The van der Waals surface area contributed by atoms with Crippen LogP contribution in [0.5, 0.6) is 5.75 Å². The van der Waals surface area contributed by atoms with Crippen molar-refractivity contribution >= 4 is 16.5 Å². The Hall–Kier alpha value is -1.62. The Morgan fingerprint density at radius 2 is 2.16 bits per heavy atom. The number of hydrogen-bond donors (Lipinski definition) is 1. The number of rotatable bonds is 6. The summed E-state index contributed by atoms with van der Waals surface area (Å²) in [5, 5.41) is 13.0. The Bertz CT molecular complexity index is 525. The number of nitrogens with zero attached hydrogens (tertiary/aromatic N) is 2. The van der Waals surface area contributed by atoms with Crippen LogP contribution in [0.4, 0.5) is 5.13 Å². The minimum atomic E-state index is 0.463. The second-order valence-electron chi connectivity index (χ2n) is 4.55. The smallest absolute Gasteiger partial charge is 0.205 e. The van der Waals surface area contributed by atoms with Gasteiger partial charge in [-0.15, -0.1) is 10.2 Å². The molecule has 1 heterocycles. The van der Waals surface area contributed by atoms with Gasteiger partial charge < -0.3 is 10.1 Å². The molecule has 0 bridgehead atoms. The van der Waals surface area contributed by atoms with E-state index in [4.69, 9.17) is 4.74 Å². The third kappa shape index (κ3) is 3.92. The quantitative estimate of drug-likeness (QED) is 0.875. The average Bonchev–Trinajstić information content (AvgIpc) is 2.85. The summed E-state index contributed by atoms with van der Waals surface area (Å²) >= 11 is 1.53. The number of nitrogens with one attached hydrogen (secondary N) is 1. The highest BCUT2D eigenvalue weighted by Crippen LogP contribution is 2.22. The van der Waals surface area contributed by atoms with Gasteiger partial charge in [0.25, 0.3) is 0 Å². The van der Waals surface area contributed by atoms with Crippen LogP contribution in [0.3, 0.4) is 0 Å². The van der Waals surface area contributed by atoms with Gasteiger partial charge in [0.15, 0.2) is 5.01 Å². The van der Waals surface area contributed by atoms with Crippen molar-refractivity contribution in [3.8, 4) is 5.75 Å². The molecule has 4 nitrogen and oxygen atoms in total. The van der Waals surface area contributed by atoms with Crippen molar-refractivity contribution in [2.75, 3.05) is 11.9 Å². The fraction of sp³-hybridized carbons (Fsp3) is 0.429. The van der Waals surface area contributed by atoms with E-state index in [0.717, 1.165) is 22.4 Å². The fourth-order valence-electron chi connectivity index (χ4n) is 1.64. The molecule has 2 rings (SSSR count). The molecule has 2 aromatic rings. The molecule has 19 heavy (non-hydrogen) atoms. The predicted octanol–water partition coefficient (Wildman–Crippen LogP) is 3.67. The zero-order valence-electron chi connectivity index (χ0n) is 11.5. The third-order valence-electron chi connectivity index (χ3n) is 2.68. The summed E-state index contributed by atoms with van der Waals surface area (Å²) in [6, 6.07) is 8.19. The fourth-order valence-corrected chi connectivity index (χ4v) is 2.36. The summed E-state index contributed by atoms with van der Waals surface area (Å²) in [5.41, 5.74) is 1.28. The summed E-state index contributed by atoms with van der Waals surface area (Å²) in [5.74, 6) is 1.39. The zero-order valence-corrected chi connectivity index (χ0v) is 12.3. The van der Waals surface area contributed by atoms with Crippen molar-refractivity contribution in [2.24, 2.45) is 0 Å². The van der Waals surface area contributed by atoms with Crippen molar-refractivity contribution in [3.63, 3.8) is 0 Å². The topological polar surface area (TPSA) is 47.0 Å². The molecule has 0 unspecified atom stereocenters. The molecule has 5 heteroatoms. The van der Waals surface area contributed by atoms with Crippen LogP contribution in [0.1, 0.15) is 37.3 Å². The summed E-state index contributed by atoms with van der Waals surface area (Å²) in [6.07, 6.45) is 0. The van der Waals surface area contributed by atoms with Crippen LogP contribution in [0, 0.1) is 0 Å². The first-order valence-corrected chi connectivity index (χ1v) is 7.29. The number of anilines is 1. The molecule has 0 aliphatic heterocycles. The lowest BCUT2D eigenvalue weighted by molar-refractivity contribution is 0.304. The minimum Gasteiger partial charge on any atom is -0.486 e. The molecule has 102 valence electrons. The average molecular weight is 277 g/mol. The van der Waals surface area contributed by atoms with Crippen LogP contribution in [0.2, 0.25) is 0 Å². The van der Waals surface area contributed by atoms with Gasteiger partial charge in [-0.3, -0.25) is 0 Å². The first-order valence-electron chi connectivity index (χ1n) is 6.48. The van der Waals surface area contributed by atoms with Crippen LogP contribution >= 0.6 is 11.3 Å². The van der Waals surface area contributed by atoms with Gasteiger partial charge in [-0.05, 0) is 30.5 Å². The van der Waals surface area contributed by atoms with Crippen molar-refractivity contribution in [1.29, 1.82) is 0 Å². The standard InChI is InChI=1S/C14H19N3OS/c1-4-15-14-17-16-13(19-14)9-18-12-7-5-6-11(8-12)10(2)3/h5-8,10H,4,9H2,1-3H3,(H,15,17). The molecular formula is C14H19N3OS. The molecule has 0 fully saturated rings. The largest absolute Gasteiger partial charge is 0.486 e. The van der Waals surface area contributed by atoms with E-state index in [1.54, 1.807) is 0 Å².